The van der Waals surface area contributed by atoms with Crippen LogP contribution in [0.25, 0.3) is 0 Å². The molecule has 0 atom stereocenters. The van der Waals surface area contributed by atoms with Gasteiger partial charge >= 0.3 is 0 Å². The molecule has 0 aromatic carbocycles. The Hall–Kier alpha value is -1.30. The van der Waals surface area contributed by atoms with E-state index in [0.717, 1.165) is 19.6 Å². The van der Waals surface area contributed by atoms with Crippen LogP contribution in [0.15, 0.2) is 5.16 Å². The van der Waals surface area contributed by atoms with Gasteiger partial charge in [-0.05, 0) is 25.9 Å². The van der Waals surface area contributed by atoms with Gasteiger partial charge in [0.15, 0.2) is 0 Å². The summed E-state index contributed by atoms with van der Waals surface area (Å²) < 4.78 is 0. The van der Waals surface area contributed by atoms with Crippen LogP contribution >= 0.6 is 0 Å². The van der Waals surface area contributed by atoms with E-state index in [1.807, 2.05) is 0 Å². The number of nitrogens with two attached hydrogens (primary N) is 1. The Labute approximate surface area is 95.5 Å². The first kappa shape index (κ1) is 12.8. The average Bonchev–Trinajstić information content (AvgIpc) is 2.56. The second kappa shape index (κ2) is 7.05. The molecule has 1 fully saturated rings. The summed E-state index contributed by atoms with van der Waals surface area (Å²) in [7, 11) is 0. The van der Waals surface area contributed by atoms with Crippen molar-refractivity contribution in [1.82, 2.24) is 10.2 Å². The number of likely N-dealkylation sites (tertiary alicyclic amines) is 1. The summed E-state index contributed by atoms with van der Waals surface area (Å²) in [6.07, 6.45) is 5.06. The zero-order valence-electron chi connectivity index (χ0n) is 9.48. The van der Waals surface area contributed by atoms with Crippen molar-refractivity contribution in [1.29, 1.82) is 0 Å². The number of amidine groups is 1. The van der Waals surface area contributed by atoms with Crippen molar-refractivity contribution in [2.24, 2.45) is 10.9 Å². The van der Waals surface area contributed by atoms with Crippen LogP contribution in [-0.4, -0.2) is 48.0 Å². The summed E-state index contributed by atoms with van der Waals surface area (Å²) in [5, 5.41) is 13.5. The summed E-state index contributed by atoms with van der Waals surface area (Å²) in [4.78, 5) is 13.5. The molecule has 1 rings (SSSR count). The number of carbonyl (C=O) groups excluding carboxylic acids is 1. The standard InChI is InChI=1S/C10H20N4O2/c11-9(13-16)10(15)12-5-8-14-6-3-1-2-4-7-14/h16H,1-8H2,(H2,11,13)(H,12,15). The van der Waals surface area contributed by atoms with Crippen molar-refractivity contribution < 1.29 is 10.0 Å². The maximum absolute atomic E-state index is 11.1. The summed E-state index contributed by atoms with van der Waals surface area (Å²) in [6.45, 7) is 3.55. The lowest BCUT2D eigenvalue weighted by molar-refractivity contribution is -0.115. The number of hydrogen-bond acceptors (Lipinski definition) is 4. The zero-order chi connectivity index (χ0) is 11.8. The minimum atomic E-state index is -0.516. The van der Waals surface area contributed by atoms with E-state index in [4.69, 9.17) is 10.9 Å². The Morgan fingerprint density at radius 2 is 1.94 bits per heavy atom. The van der Waals surface area contributed by atoms with E-state index < -0.39 is 11.7 Å². The van der Waals surface area contributed by atoms with E-state index in [2.05, 4.69) is 15.4 Å². The number of nitrogens with one attached hydrogen (secondary N) is 1. The van der Waals surface area contributed by atoms with Crippen molar-refractivity contribution in [2.45, 2.75) is 25.7 Å². The lowest BCUT2D eigenvalue weighted by atomic mass is 10.2. The van der Waals surface area contributed by atoms with Gasteiger partial charge in [0, 0.05) is 13.1 Å². The van der Waals surface area contributed by atoms with Gasteiger partial charge in [0.2, 0.25) is 5.84 Å². The number of rotatable bonds is 3. The van der Waals surface area contributed by atoms with E-state index in [-0.39, 0.29) is 0 Å². The summed E-state index contributed by atoms with van der Waals surface area (Å²) >= 11 is 0. The minimum absolute atomic E-state index is 0.393. The van der Waals surface area contributed by atoms with E-state index in [1.54, 1.807) is 0 Å². The molecule has 1 amide bonds. The van der Waals surface area contributed by atoms with Crippen LogP contribution in [0.5, 0.6) is 0 Å². The largest absolute Gasteiger partial charge is 0.409 e. The van der Waals surface area contributed by atoms with Crippen LogP contribution in [0.4, 0.5) is 0 Å². The summed E-state index contributed by atoms with van der Waals surface area (Å²) in [5.41, 5.74) is 5.14. The monoisotopic (exact) mass is 228 g/mol. The third-order valence-electron chi connectivity index (χ3n) is 2.75. The highest BCUT2D eigenvalue weighted by Gasteiger charge is 2.10. The van der Waals surface area contributed by atoms with Crippen molar-refractivity contribution in [3.8, 4) is 0 Å². The summed E-state index contributed by atoms with van der Waals surface area (Å²) in [6, 6.07) is 0. The van der Waals surface area contributed by atoms with Crippen molar-refractivity contribution in [3.05, 3.63) is 0 Å². The maximum Gasteiger partial charge on any atom is 0.290 e. The highest BCUT2D eigenvalue weighted by Crippen LogP contribution is 2.08. The number of carbonyl (C=O) groups is 1. The molecule has 0 aromatic rings. The third kappa shape index (κ3) is 4.48. The van der Waals surface area contributed by atoms with Gasteiger partial charge in [0.05, 0.1) is 0 Å². The highest BCUT2D eigenvalue weighted by molar-refractivity contribution is 6.36. The quantitative estimate of drug-likeness (QED) is 0.268. The van der Waals surface area contributed by atoms with Crippen LogP contribution in [0.2, 0.25) is 0 Å². The molecule has 0 unspecified atom stereocenters. The van der Waals surface area contributed by atoms with E-state index in [1.165, 1.54) is 25.7 Å². The Kier molecular flexibility index (Phi) is 5.63. The second-order valence-electron chi connectivity index (χ2n) is 4.00. The molecule has 92 valence electrons. The van der Waals surface area contributed by atoms with Gasteiger partial charge in [0.25, 0.3) is 5.91 Å². The number of hydrogen-bond donors (Lipinski definition) is 3. The van der Waals surface area contributed by atoms with Crippen LogP contribution in [0.3, 0.4) is 0 Å². The molecule has 0 radical (unpaired) electrons. The van der Waals surface area contributed by atoms with E-state index in [9.17, 15) is 4.79 Å². The predicted octanol–water partition coefficient (Wildman–Crippen LogP) is -0.275. The van der Waals surface area contributed by atoms with Gasteiger partial charge in [0.1, 0.15) is 0 Å². The molecule has 1 aliphatic heterocycles. The second-order valence-corrected chi connectivity index (χ2v) is 4.00. The Bertz CT molecular complexity index is 247. The van der Waals surface area contributed by atoms with E-state index in [0.29, 0.717) is 6.54 Å². The zero-order valence-corrected chi connectivity index (χ0v) is 9.48. The smallest absolute Gasteiger partial charge is 0.290 e. The molecular weight excluding hydrogens is 208 g/mol. The first-order valence-corrected chi connectivity index (χ1v) is 5.72. The molecule has 0 saturated carbocycles. The van der Waals surface area contributed by atoms with Gasteiger partial charge in [-0.1, -0.05) is 18.0 Å². The first-order chi connectivity index (χ1) is 7.74. The number of amides is 1. The average molecular weight is 228 g/mol. The lowest BCUT2D eigenvalue weighted by Gasteiger charge is -2.19. The van der Waals surface area contributed by atoms with Crippen LogP contribution in [-0.2, 0) is 4.79 Å². The minimum Gasteiger partial charge on any atom is -0.409 e. The maximum atomic E-state index is 11.1. The SMILES string of the molecule is N/C(=N\O)C(=O)NCCN1CCCCCC1. The Morgan fingerprint density at radius 1 is 1.31 bits per heavy atom. The molecular formula is C10H20N4O2. The van der Waals surface area contributed by atoms with Crippen LogP contribution < -0.4 is 11.1 Å². The lowest BCUT2D eigenvalue weighted by Crippen LogP contribution is -2.41. The van der Waals surface area contributed by atoms with Crippen molar-refractivity contribution in [2.75, 3.05) is 26.2 Å². The van der Waals surface area contributed by atoms with Crippen molar-refractivity contribution in [3.63, 3.8) is 0 Å². The Balaban J connectivity index is 2.16. The van der Waals surface area contributed by atoms with Crippen LogP contribution in [0.1, 0.15) is 25.7 Å². The molecule has 0 aliphatic carbocycles. The molecule has 0 aromatic heterocycles. The normalized spacial score (nSPS) is 19.1. The fraction of sp³-hybridized carbons (Fsp3) is 0.800. The molecule has 4 N–H and O–H groups in total. The highest BCUT2D eigenvalue weighted by atomic mass is 16.4. The molecule has 1 saturated heterocycles. The topological polar surface area (TPSA) is 91.0 Å². The Morgan fingerprint density at radius 3 is 2.50 bits per heavy atom. The molecule has 6 heteroatoms. The fourth-order valence-corrected chi connectivity index (χ4v) is 1.82. The molecule has 1 aliphatic rings. The molecule has 1 heterocycles. The third-order valence-corrected chi connectivity index (χ3v) is 2.75. The summed E-state index contributed by atoms with van der Waals surface area (Å²) in [5.74, 6) is -0.909. The van der Waals surface area contributed by atoms with Gasteiger partial charge in [-0.25, -0.2) is 0 Å². The van der Waals surface area contributed by atoms with Gasteiger partial charge in [-0.2, -0.15) is 0 Å². The molecule has 6 nitrogen and oxygen atoms in total. The van der Waals surface area contributed by atoms with Gasteiger partial charge < -0.3 is 21.2 Å². The number of nitrogens with zero attached hydrogens (tertiary/aromatic N) is 2. The molecule has 16 heavy (non-hydrogen) atoms. The van der Waals surface area contributed by atoms with Crippen LogP contribution in [0, 0.1) is 0 Å². The number of oxime groups is 1. The molecule has 0 spiro atoms. The fourth-order valence-electron chi connectivity index (χ4n) is 1.82. The molecule has 0 bridgehead atoms. The predicted molar refractivity (Wildman–Crippen MR) is 61.3 cm³/mol. The van der Waals surface area contributed by atoms with Gasteiger partial charge in [-0.15, -0.1) is 0 Å². The van der Waals surface area contributed by atoms with E-state index >= 15 is 0 Å². The first-order valence-electron chi connectivity index (χ1n) is 5.72. The van der Waals surface area contributed by atoms with Gasteiger partial charge in [-0.3, -0.25) is 4.79 Å². The van der Waals surface area contributed by atoms with Crippen molar-refractivity contribution >= 4 is 11.7 Å².